The van der Waals surface area contributed by atoms with E-state index in [0.29, 0.717) is 24.7 Å². The van der Waals surface area contributed by atoms with E-state index in [1.165, 1.54) is 6.26 Å². The van der Waals surface area contributed by atoms with Crippen LogP contribution < -0.4 is 0 Å². The van der Waals surface area contributed by atoms with Crippen LogP contribution >= 0.6 is 11.3 Å². The first-order chi connectivity index (χ1) is 11.1. The maximum atomic E-state index is 12.3. The molecule has 3 rings (SSSR count). The lowest BCUT2D eigenvalue weighted by Crippen LogP contribution is -2.39. The van der Waals surface area contributed by atoms with Crippen LogP contribution in [0.15, 0.2) is 28.2 Å². The van der Waals surface area contributed by atoms with Crippen molar-refractivity contribution in [1.29, 1.82) is 0 Å². The quantitative estimate of drug-likeness (QED) is 0.909. The zero-order chi connectivity index (χ0) is 16.2. The van der Waals surface area contributed by atoms with E-state index >= 15 is 0 Å². The van der Waals surface area contributed by atoms with Crippen molar-refractivity contribution in [2.75, 3.05) is 13.1 Å². The van der Waals surface area contributed by atoms with Gasteiger partial charge in [-0.05, 0) is 30.2 Å². The van der Waals surface area contributed by atoms with Crippen molar-refractivity contribution in [2.24, 2.45) is 5.92 Å². The number of carbonyl (C=O) groups is 2. The number of likely N-dealkylation sites (tertiary alicyclic amines) is 1. The average Bonchev–Trinajstić information content (AvgIpc) is 3.18. The van der Waals surface area contributed by atoms with Crippen molar-refractivity contribution in [1.82, 2.24) is 9.88 Å². The summed E-state index contributed by atoms with van der Waals surface area (Å²) in [5, 5.41) is 10.8. The number of carboxylic acid groups (broad SMARTS) is 1. The Morgan fingerprint density at radius 1 is 1.39 bits per heavy atom. The third kappa shape index (κ3) is 3.98. The maximum absolute atomic E-state index is 12.3. The van der Waals surface area contributed by atoms with E-state index in [-0.39, 0.29) is 24.7 Å². The molecule has 0 spiro atoms. The van der Waals surface area contributed by atoms with Gasteiger partial charge in [-0.25, -0.2) is 4.98 Å². The fourth-order valence-corrected chi connectivity index (χ4v) is 3.46. The van der Waals surface area contributed by atoms with E-state index in [1.54, 1.807) is 16.2 Å². The van der Waals surface area contributed by atoms with Crippen molar-refractivity contribution in [3.05, 3.63) is 29.5 Å². The van der Waals surface area contributed by atoms with Gasteiger partial charge in [0.2, 0.25) is 11.8 Å². The Kier molecular flexibility index (Phi) is 4.76. The van der Waals surface area contributed by atoms with Gasteiger partial charge in [0, 0.05) is 19.5 Å². The number of carbonyl (C=O) groups excluding carboxylic acids is 1. The molecule has 2 aromatic rings. The lowest BCUT2D eigenvalue weighted by molar-refractivity contribution is -0.138. The number of nitrogens with zero attached hydrogens (tertiary/aromatic N) is 2. The fraction of sp³-hybridized carbons (Fsp3) is 0.438. The molecule has 1 aliphatic heterocycles. The largest absolute Gasteiger partial charge is 0.481 e. The monoisotopic (exact) mass is 334 g/mol. The second kappa shape index (κ2) is 6.95. The SMILES string of the molecule is O=C(O)CC1CCN(C(=O)Cc2coc(-c3cccs3)n2)CC1. The summed E-state index contributed by atoms with van der Waals surface area (Å²) in [7, 11) is 0. The average molecular weight is 334 g/mol. The van der Waals surface area contributed by atoms with Crippen LogP contribution in [0.2, 0.25) is 0 Å². The number of aromatic nitrogens is 1. The number of thiophene rings is 1. The highest BCUT2D eigenvalue weighted by Crippen LogP contribution is 2.24. The predicted octanol–water partition coefficient (Wildman–Crippen LogP) is 2.66. The summed E-state index contributed by atoms with van der Waals surface area (Å²) in [5.41, 5.74) is 0.631. The minimum absolute atomic E-state index is 0.0183. The van der Waals surface area contributed by atoms with Gasteiger partial charge in [0.1, 0.15) is 6.26 Å². The summed E-state index contributed by atoms with van der Waals surface area (Å²) < 4.78 is 5.42. The van der Waals surface area contributed by atoms with E-state index in [2.05, 4.69) is 4.98 Å². The van der Waals surface area contributed by atoms with Gasteiger partial charge >= 0.3 is 5.97 Å². The van der Waals surface area contributed by atoms with Crippen LogP contribution in [0, 0.1) is 5.92 Å². The third-order valence-electron chi connectivity index (χ3n) is 4.05. The molecule has 0 bridgehead atoms. The highest BCUT2D eigenvalue weighted by molar-refractivity contribution is 7.13. The molecule has 7 heteroatoms. The van der Waals surface area contributed by atoms with Crippen LogP contribution in [0.25, 0.3) is 10.8 Å². The molecule has 0 atom stereocenters. The topological polar surface area (TPSA) is 83.6 Å². The van der Waals surface area contributed by atoms with Crippen molar-refractivity contribution >= 4 is 23.2 Å². The van der Waals surface area contributed by atoms with Crippen LogP contribution in [0.3, 0.4) is 0 Å². The Bertz CT molecular complexity index is 672. The summed E-state index contributed by atoms with van der Waals surface area (Å²) in [4.78, 5) is 30.1. The van der Waals surface area contributed by atoms with E-state index in [0.717, 1.165) is 17.7 Å². The second-order valence-electron chi connectivity index (χ2n) is 5.72. The number of piperidine rings is 1. The van der Waals surface area contributed by atoms with Crippen molar-refractivity contribution < 1.29 is 19.1 Å². The molecule has 0 aromatic carbocycles. The molecule has 1 amide bonds. The van der Waals surface area contributed by atoms with Crippen molar-refractivity contribution in [3.8, 4) is 10.8 Å². The Hall–Kier alpha value is -2.15. The number of hydrogen-bond donors (Lipinski definition) is 1. The molecule has 1 aliphatic rings. The van der Waals surface area contributed by atoms with Gasteiger partial charge in [-0.2, -0.15) is 0 Å². The highest BCUT2D eigenvalue weighted by atomic mass is 32.1. The molecule has 23 heavy (non-hydrogen) atoms. The summed E-state index contributed by atoms with van der Waals surface area (Å²) >= 11 is 1.54. The lowest BCUT2D eigenvalue weighted by atomic mass is 9.93. The van der Waals surface area contributed by atoms with E-state index in [4.69, 9.17) is 9.52 Å². The normalized spacial score (nSPS) is 15.7. The molecule has 0 unspecified atom stereocenters. The molecule has 1 fully saturated rings. The van der Waals surface area contributed by atoms with Crippen LogP contribution in [0.1, 0.15) is 25.0 Å². The van der Waals surface area contributed by atoms with Gasteiger partial charge in [0.05, 0.1) is 17.0 Å². The summed E-state index contributed by atoms with van der Waals surface area (Å²) in [6.07, 6.45) is 3.44. The molecule has 122 valence electrons. The van der Waals surface area contributed by atoms with Gasteiger partial charge in [-0.1, -0.05) is 6.07 Å². The third-order valence-corrected chi connectivity index (χ3v) is 4.90. The number of hydrogen-bond acceptors (Lipinski definition) is 5. The zero-order valence-electron chi connectivity index (χ0n) is 12.6. The van der Waals surface area contributed by atoms with Crippen molar-refractivity contribution in [3.63, 3.8) is 0 Å². The van der Waals surface area contributed by atoms with Gasteiger partial charge in [-0.3, -0.25) is 9.59 Å². The smallest absolute Gasteiger partial charge is 0.303 e. The highest BCUT2D eigenvalue weighted by Gasteiger charge is 2.25. The minimum atomic E-state index is -0.765. The molecule has 6 nitrogen and oxygen atoms in total. The first-order valence-electron chi connectivity index (χ1n) is 7.59. The first kappa shape index (κ1) is 15.7. The van der Waals surface area contributed by atoms with E-state index in [1.807, 2.05) is 17.5 Å². The van der Waals surface area contributed by atoms with Crippen LogP contribution in [0.5, 0.6) is 0 Å². The minimum Gasteiger partial charge on any atom is -0.481 e. The lowest BCUT2D eigenvalue weighted by Gasteiger charge is -2.31. The molecule has 0 saturated carbocycles. The number of aliphatic carboxylic acids is 1. The predicted molar refractivity (Wildman–Crippen MR) is 85.1 cm³/mol. The fourth-order valence-electron chi connectivity index (χ4n) is 2.80. The van der Waals surface area contributed by atoms with Crippen LogP contribution in [-0.4, -0.2) is 40.0 Å². The summed E-state index contributed by atoms with van der Waals surface area (Å²) in [6, 6.07) is 3.85. The Morgan fingerprint density at radius 3 is 2.83 bits per heavy atom. The molecular formula is C16H18N2O4S. The van der Waals surface area contributed by atoms with E-state index in [9.17, 15) is 9.59 Å². The van der Waals surface area contributed by atoms with E-state index < -0.39 is 5.97 Å². The Balaban J connectivity index is 1.53. The number of carboxylic acids is 1. The molecule has 0 radical (unpaired) electrons. The molecule has 0 aliphatic carbocycles. The maximum Gasteiger partial charge on any atom is 0.303 e. The van der Waals surface area contributed by atoms with Crippen LogP contribution in [-0.2, 0) is 16.0 Å². The number of amides is 1. The van der Waals surface area contributed by atoms with Gasteiger partial charge in [0.15, 0.2) is 0 Å². The number of rotatable bonds is 5. The Labute approximate surface area is 137 Å². The second-order valence-corrected chi connectivity index (χ2v) is 6.67. The summed E-state index contributed by atoms with van der Waals surface area (Å²) in [5.74, 6) is -0.0275. The zero-order valence-corrected chi connectivity index (χ0v) is 13.4. The van der Waals surface area contributed by atoms with Crippen LogP contribution in [0.4, 0.5) is 0 Å². The van der Waals surface area contributed by atoms with Crippen molar-refractivity contribution in [2.45, 2.75) is 25.7 Å². The Morgan fingerprint density at radius 2 is 2.17 bits per heavy atom. The molecule has 1 saturated heterocycles. The molecule has 3 heterocycles. The first-order valence-corrected chi connectivity index (χ1v) is 8.47. The molecule has 1 N–H and O–H groups in total. The standard InChI is InChI=1S/C16H18N2O4S/c19-14(18-5-3-11(4-6-18)8-15(20)21)9-12-10-22-16(17-12)13-2-1-7-23-13/h1-2,7,10-11H,3-6,8-9H2,(H,20,21). The van der Waals surface area contributed by atoms with Gasteiger partial charge < -0.3 is 14.4 Å². The summed E-state index contributed by atoms with van der Waals surface area (Å²) in [6.45, 7) is 1.23. The van der Waals surface area contributed by atoms with Gasteiger partial charge in [0.25, 0.3) is 0 Å². The number of oxazole rings is 1. The molecule has 2 aromatic heterocycles. The van der Waals surface area contributed by atoms with Gasteiger partial charge in [-0.15, -0.1) is 11.3 Å². The molecular weight excluding hydrogens is 316 g/mol.